The Bertz CT molecular complexity index is 1160. The highest BCUT2D eigenvalue weighted by Gasteiger charge is 2.27. The molecule has 152 valence electrons. The normalized spacial score (nSPS) is 13.3. The van der Waals surface area contributed by atoms with Crippen LogP contribution in [0.4, 0.5) is 24.5 Å². The maximum atomic E-state index is 12.4. The number of alkyl halides is 3. The SMILES string of the molecule is N#Cc1cc(-c2nc(-c3ccc4c(c3)CCC(=O)N4)no2)ccc1NCC(F)(F)F. The minimum Gasteiger partial charge on any atom is -0.375 e. The Balaban J connectivity index is 1.58. The number of carbonyl (C=O) groups is 1. The first-order chi connectivity index (χ1) is 14.3. The Kier molecular flexibility index (Phi) is 4.87. The molecule has 3 aromatic rings. The van der Waals surface area contributed by atoms with Crippen molar-refractivity contribution >= 4 is 17.3 Å². The number of fused-ring (bicyclic) bond motifs is 1. The van der Waals surface area contributed by atoms with Crippen molar-refractivity contribution in [3.05, 3.63) is 47.5 Å². The average molecular weight is 413 g/mol. The Labute approximate surface area is 168 Å². The van der Waals surface area contributed by atoms with E-state index in [-0.39, 0.29) is 23.0 Å². The van der Waals surface area contributed by atoms with Gasteiger partial charge in [0.2, 0.25) is 11.7 Å². The van der Waals surface area contributed by atoms with Gasteiger partial charge in [0.15, 0.2) is 0 Å². The van der Waals surface area contributed by atoms with E-state index in [1.165, 1.54) is 18.2 Å². The van der Waals surface area contributed by atoms with Gasteiger partial charge in [0.1, 0.15) is 12.6 Å². The molecule has 0 radical (unpaired) electrons. The molecule has 10 heteroatoms. The van der Waals surface area contributed by atoms with Gasteiger partial charge in [-0.2, -0.15) is 23.4 Å². The number of halogens is 3. The predicted molar refractivity (Wildman–Crippen MR) is 101 cm³/mol. The Morgan fingerprint density at radius 3 is 2.73 bits per heavy atom. The van der Waals surface area contributed by atoms with Crippen LogP contribution < -0.4 is 10.6 Å². The highest BCUT2D eigenvalue weighted by atomic mass is 19.4. The summed E-state index contributed by atoms with van der Waals surface area (Å²) in [6.45, 7) is -1.25. The lowest BCUT2D eigenvalue weighted by atomic mass is 10.0. The van der Waals surface area contributed by atoms with Crippen molar-refractivity contribution in [3.8, 4) is 28.9 Å². The van der Waals surface area contributed by atoms with Crippen LogP contribution in [-0.2, 0) is 11.2 Å². The Morgan fingerprint density at radius 1 is 1.17 bits per heavy atom. The second kappa shape index (κ2) is 7.51. The second-order valence-electron chi connectivity index (χ2n) is 6.68. The topological polar surface area (TPSA) is 104 Å². The number of aromatic nitrogens is 2. The quantitative estimate of drug-likeness (QED) is 0.666. The molecule has 7 nitrogen and oxygen atoms in total. The van der Waals surface area contributed by atoms with Crippen molar-refractivity contribution in [3.63, 3.8) is 0 Å². The van der Waals surface area contributed by atoms with Crippen molar-refractivity contribution in [1.82, 2.24) is 10.1 Å². The molecule has 0 saturated carbocycles. The number of rotatable bonds is 4. The van der Waals surface area contributed by atoms with Crippen molar-refractivity contribution in [1.29, 1.82) is 5.26 Å². The predicted octanol–water partition coefficient (Wildman–Crippen LogP) is 4.13. The van der Waals surface area contributed by atoms with E-state index in [4.69, 9.17) is 4.52 Å². The molecule has 0 atom stereocenters. The lowest BCUT2D eigenvalue weighted by molar-refractivity contribution is -0.116. The van der Waals surface area contributed by atoms with Crippen LogP contribution in [0.2, 0.25) is 0 Å². The van der Waals surface area contributed by atoms with Gasteiger partial charge in [0, 0.05) is 23.2 Å². The van der Waals surface area contributed by atoms with Crippen LogP contribution in [0.25, 0.3) is 22.8 Å². The van der Waals surface area contributed by atoms with E-state index in [0.29, 0.717) is 29.8 Å². The summed E-state index contributed by atoms with van der Waals surface area (Å²) in [7, 11) is 0. The fraction of sp³-hybridized carbons (Fsp3) is 0.200. The molecule has 4 rings (SSSR count). The van der Waals surface area contributed by atoms with Crippen LogP contribution in [-0.4, -0.2) is 28.8 Å². The van der Waals surface area contributed by atoms with Gasteiger partial charge in [-0.05, 0) is 48.4 Å². The largest absolute Gasteiger partial charge is 0.405 e. The number of aryl methyl sites for hydroxylation is 1. The van der Waals surface area contributed by atoms with E-state index in [1.54, 1.807) is 12.1 Å². The van der Waals surface area contributed by atoms with Crippen molar-refractivity contribution in [2.75, 3.05) is 17.2 Å². The second-order valence-corrected chi connectivity index (χ2v) is 6.68. The summed E-state index contributed by atoms with van der Waals surface area (Å²) in [6.07, 6.45) is -3.39. The Morgan fingerprint density at radius 2 is 1.97 bits per heavy atom. The number of anilines is 2. The van der Waals surface area contributed by atoms with E-state index in [9.17, 15) is 23.2 Å². The summed E-state index contributed by atoms with van der Waals surface area (Å²) in [6, 6.07) is 11.5. The monoisotopic (exact) mass is 413 g/mol. The number of benzene rings is 2. The van der Waals surface area contributed by atoms with Crippen molar-refractivity contribution in [2.45, 2.75) is 19.0 Å². The first-order valence-corrected chi connectivity index (χ1v) is 8.94. The van der Waals surface area contributed by atoms with Crippen LogP contribution in [0.5, 0.6) is 0 Å². The molecule has 2 aromatic carbocycles. The van der Waals surface area contributed by atoms with Gasteiger partial charge >= 0.3 is 6.18 Å². The fourth-order valence-corrected chi connectivity index (χ4v) is 3.10. The zero-order valence-corrected chi connectivity index (χ0v) is 15.4. The van der Waals surface area contributed by atoms with Crippen LogP contribution in [0, 0.1) is 11.3 Å². The lowest BCUT2D eigenvalue weighted by Crippen LogP contribution is -2.21. The summed E-state index contributed by atoms with van der Waals surface area (Å²) in [4.78, 5) is 15.8. The van der Waals surface area contributed by atoms with E-state index in [1.807, 2.05) is 12.1 Å². The summed E-state index contributed by atoms with van der Waals surface area (Å²) in [5.41, 5.74) is 2.91. The van der Waals surface area contributed by atoms with Gasteiger partial charge < -0.3 is 15.2 Å². The molecule has 2 heterocycles. The number of hydrogen-bond acceptors (Lipinski definition) is 6. The van der Waals surface area contributed by atoms with E-state index in [2.05, 4.69) is 20.8 Å². The fourth-order valence-electron chi connectivity index (χ4n) is 3.10. The molecule has 0 bridgehead atoms. The van der Waals surface area contributed by atoms with Gasteiger partial charge in [-0.1, -0.05) is 5.16 Å². The third-order valence-electron chi connectivity index (χ3n) is 4.55. The molecule has 0 fully saturated rings. The number of amides is 1. The molecular weight excluding hydrogens is 399 g/mol. The Hall–Kier alpha value is -3.87. The molecule has 0 saturated heterocycles. The summed E-state index contributed by atoms with van der Waals surface area (Å²) in [5, 5.41) is 18.2. The van der Waals surface area contributed by atoms with Gasteiger partial charge in [0.25, 0.3) is 5.89 Å². The highest BCUT2D eigenvalue weighted by molar-refractivity contribution is 5.94. The molecule has 1 aliphatic heterocycles. The average Bonchev–Trinajstić information content (AvgIpc) is 3.21. The molecule has 1 aromatic heterocycles. The first-order valence-electron chi connectivity index (χ1n) is 8.94. The zero-order chi connectivity index (χ0) is 21.3. The number of nitriles is 1. The summed E-state index contributed by atoms with van der Waals surface area (Å²) < 4.78 is 42.5. The molecule has 0 aliphatic carbocycles. The van der Waals surface area contributed by atoms with Crippen molar-refractivity contribution < 1.29 is 22.5 Å². The maximum absolute atomic E-state index is 12.4. The molecule has 0 unspecified atom stereocenters. The smallest absolute Gasteiger partial charge is 0.375 e. The highest BCUT2D eigenvalue weighted by Crippen LogP contribution is 2.30. The first kappa shape index (κ1) is 19.4. The third kappa shape index (κ3) is 4.10. The van der Waals surface area contributed by atoms with Gasteiger partial charge in [0.05, 0.1) is 11.3 Å². The molecule has 2 N–H and O–H groups in total. The minimum atomic E-state index is -4.40. The molecule has 1 aliphatic rings. The van der Waals surface area contributed by atoms with E-state index >= 15 is 0 Å². The van der Waals surface area contributed by atoms with Gasteiger partial charge in [-0.25, -0.2) is 0 Å². The minimum absolute atomic E-state index is 0.0287. The maximum Gasteiger partial charge on any atom is 0.405 e. The standard InChI is InChI=1S/C20H14F3N5O2/c21-20(22,23)10-25-15-4-2-13(8-14(15)9-24)19-27-18(28-30-19)12-1-5-16-11(7-12)3-6-17(29)26-16/h1-2,4-5,7-8,25H,3,6,10H2,(H,26,29). The third-order valence-corrected chi connectivity index (χ3v) is 4.55. The van der Waals surface area contributed by atoms with Crippen LogP contribution >= 0.6 is 0 Å². The lowest BCUT2D eigenvalue weighted by Gasteiger charge is -2.16. The van der Waals surface area contributed by atoms with Crippen molar-refractivity contribution in [2.24, 2.45) is 0 Å². The van der Waals surface area contributed by atoms with E-state index < -0.39 is 12.7 Å². The van der Waals surface area contributed by atoms with Crippen LogP contribution in [0.1, 0.15) is 17.5 Å². The molecule has 1 amide bonds. The molecule has 30 heavy (non-hydrogen) atoms. The molecule has 0 spiro atoms. The van der Waals surface area contributed by atoms with E-state index in [0.717, 1.165) is 11.3 Å². The summed E-state index contributed by atoms with van der Waals surface area (Å²) in [5.74, 6) is 0.427. The number of hydrogen-bond donors (Lipinski definition) is 2. The summed E-state index contributed by atoms with van der Waals surface area (Å²) >= 11 is 0. The zero-order valence-electron chi connectivity index (χ0n) is 15.4. The van der Waals surface area contributed by atoms with Gasteiger partial charge in [-0.15, -0.1) is 0 Å². The van der Waals surface area contributed by atoms with Gasteiger partial charge in [-0.3, -0.25) is 4.79 Å². The molecular formula is C20H14F3N5O2. The van der Waals surface area contributed by atoms with Crippen LogP contribution in [0.3, 0.4) is 0 Å². The number of nitrogens with zero attached hydrogens (tertiary/aromatic N) is 3. The number of carbonyl (C=O) groups excluding carboxylic acids is 1. The number of nitrogens with one attached hydrogen (secondary N) is 2. The van der Waals surface area contributed by atoms with Crippen LogP contribution in [0.15, 0.2) is 40.9 Å².